The molecule has 2 heterocycles. The second kappa shape index (κ2) is 7.11. The van der Waals surface area contributed by atoms with Crippen molar-refractivity contribution in [3.05, 3.63) is 82.9 Å². The van der Waals surface area contributed by atoms with Gasteiger partial charge in [0, 0.05) is 28.2 Å². The molecule has 2 nitrogen and oxygen atoms in total. The van der Waals surface area contributed by atoms with Gasteiger partial charge in [-0.2, -0.15) is 0 Å². The Labute approximate surface area is 172 Å². The fourth-order valence-corrected chi connectivity index (χ4v) is 4.32. The van der Waals surface area contributed by atoms with Crippen molar-refractivity contribution in [2.24, 2.45) is 0 Å². The number of hydrogen-bond acceptors (Lipinski definition) is 2. The number of hydrogen-bond donors (Lipinski definition) is 0. The van der Waals surface area contributed by atoms with Crippen molar-refractivity contribution in [1.29, 1.82) is 0 Å². The smallest absolute Gasteiger partial charge is 0.294 e. The van der Waals surface area contributed by atoms with Crippen molar-refractivity contribution in [3.63, 3.8) is 0 Å². The quantitative estimate of drug-likeness (QED) is 0.441. The summed E-state index contributed by atoms with van der Waals surface area (Å²) >= 11 is 0. The number of rotatable bonds is 4. The highest BCUT2D eigenvalue weighted by atomic mass is 16.7. The number of unbranched alkanes of at least 4 members (excludes halogenated alkanes) is 2. The van der Waals surface area contributed by atoms with Gasteiger partial charge in [-0.05, 0) is 49.4 Å². The van der Waals surface area contributed by atoms with E-state index in [2.05, 4.69) is 86.7 Å². The maximum Gasteiger partial charge on any atom is 0.294 e. The van der Waals surface area contributed by atoms with Crippen molar-refractivity contribution in [2.45, 2.75) is 45.3 Å². The van der Waals surface area contributed by atoms with E-state index in [0.717, 1.165) is 40.9 Å². The molecule has 2 heteroatoms. The zero-order valence-corrected chi connectivity index (χ0v) is 17.1. The van der Waals surface area contributed by atoms with Crippen LogP contribution in [0.25, 0.3) is 22.9 Å². The van der Waals surface area contributed by atoms with Crippen LogP contribution in [0.1, 0.15) is 49.3 Å². The number of ether oxygens (including phenoxy) is 2. The van der Waals surface area contributed by atoms with E-state index < -0.39 is 5.79 Å². The van der Waals surface area contributed by atoms with E-state index in [0.29, 0.717) is 0 Å². The van der Waals surface area contributed by atoms with Crippen molar-refractivity contribution in [2.75, 3.05) is 0 Å². The lowest BCUT2D eigenvalue weighted by atomic mass is 9.90. The van der Waals surface area contributed by atoms with Crippen molar-refractivity contribution in [1.82, 2.24) is 0 Å². The Morgan fingerprint density at radius 3 is 2.69 bits per heavy atom. The Kier molecular flexibility index (Phi) is 4.43. The van der Waals surface area contributed by atoms with Crippen molar-refractivity contribution in [3.8, 4) is 11.5 Å². The summed E-state index contributed by atoms with van der Waals surface area (Å²) in [5, 5.41) is 2.31. The third-order valence-corrected chi connectivity index (χ3v) is 5.90. The van der Waals surface area contributed by atoms with Crippen LogP contribution in [-0.2, 0) is 0 Å². The van der Waals surface area contributed by atoms with Gasteiger partial charge in [0.25, 0.3) is 5.79 Å². The van der Waals surface area contributed by atoms with Gasteiger partial charge in [0.1, 0.15) is 11.5 Å². The first-order valence-electron chi connectivity index (χ1n) is 10.6. The molecule has 0 saturated heterocycles. The summed E-state index contributed by atoms with van der Waals surface area (Å²) in [6.07, 6.45) is 11.0. The van der Waals surface area contributed by atoms with Crippen LogP contribution in [0.3, 0.4) is 0 Å². The molecule has 3 aromatic carbocycles. The zero-order valence-electron chi connectivity index (χ0n) is 17.1. The van der Waals surface area contributed by atoms with Crippen LogP contribution in [0, 0.1) is 6.92 Å². The molecule has 0 saturated carbocycles. The van der Waals surface area contributed by atoms with E-state index >= 15 is 0 Å². The molecule has 1 atom stereocenters. The average Bonchev–Trinajstić information content (AvgIpc) is 2.74. The third kappa shape index (κ3) is 3.13. The summed E-state index contributed by atoms with van der Waals surface area (Å²) < 4.78 is 13.3. The van der Waals surface area contributed by atoms with Gasteiger partial charge in [-0.25, -0.2) is 0 Å². The lowest BCUT2D eigenvalue weighted by Crippen LogP contribution is -2.45. The van der Waals surface area contributed by atoms with Gasteiger partial charge in [0.2, 0.25) is 0 Å². The van der Waals surface area contributed by atoms with Gasteiger partial charge < -0.3 is 9.47 Å². The number of benzene rings is 3. The largest absolute Gasteiger partial charge is 0.444 e. The Balaban J connectivity index is 1.62. The standard InChI is InChI=1S/C27H26O2/c1-3-4-5-9-23-18-22-17-19(2)11-14-25(22)28-27(23)16-15-21-13-12-20-8-6-7-10-24(20)26(21)29-27/h6-8,10-18H,3-5,9H2,1-2H3. The molecule has 0 aliphatic carbocycles. The first-order chi connectivity index (χ1) is 14.2. The highest BCUT2D eigenvalue weighted by molar-refractivity contribution is 5.92. The van der Waals surface area contributed by atoms with Crippen LogP contribution in [-0.4, -0.2) is 5.79 Å². The molecule has 29 heavy (non-hydrogen) atoms. The Morgan fingerprint density at radius 1 is 0.897 bits per heavy atom. The SMILES string of the molecule is CCCCCC1=Cc2cc(C)ccc2OC12C=Cc1ccc3ccccc3c1O2. The molecule has 0 bridgehead atoms. The van der Waals surface area contributed by atoms with E-state index in [1.54, 1.807) is 0 Å². The number of aryl methyl sites for hydroxylation is 1. The van der Waals surface area contributed by atoms with Gasteiger partial charge in [0.15, 0.2) is 0 Å². The monoisotopic (exact) mass is 382 g/mol. The molecule has 146 valence electrons. The van der Waals surface area contributed by atoms with Crippen molar-refractivity contribution >= 4 is 22.9 Å². The third-order valence-electron chi connectivity index (χ3n) is 5.90. The molecule has 0 N–H and O–H groups in total. The Morgan fingerprint density at radius 2 is 1.79 bits per heavy atom. The van der Waals surface area contributed by atoms with Crippen LogP contribution in [0.15, 0.2) is 66.2 Å². The maximum atomic E-state index is 6.73. The molecule has 1 spiro atoms. The summed E-state index contributed by atoms with van der Waals surface area (Å²) in [6.45, 7) is 4.36. The van der Waals surface area contributed by atoms with Gasteiger partial charge in [-0.15, -0.1) is 0 Å². The van der Waals surface area contributed by atoms with Crippen LogP contribution < -0.4 is 9.47 Å². The topological polar surface area (TPSA) is 18.5 Å². The minimum Gasteiger partial charge on any atom is -0.444 e. The molecule has 2 aliphatic rings. The van der Waals surface area contributed by atoms with E-state index in [1.807, 2.05) is 0 Å². The normalized spacial score (nSPS) is 19.3. The predicted molar refractivity (Wildman–Crippen MR) is 120 cm³/mol. The van der Waals surface area contributed by atoms with Crippen molar-refractivity contribution < 1.29 is 9.47 Å². The van der Waals surface area contributed by atoms with Gasteiger partial charge in [-0.3, -0.25) is 0 Å². The minimum atomic E-state index is -0.868. The van der Waals surface area contributed by atoms with E-state index in [1.165, 1.54) is 29.4 Å². The Hall–Kier alpha value is -3.00. The van der Waals surface area contributed by atoms with Gasteiger partial charge >= 0.3 is 0 Å². The highest BCUT2D eigenvalue weighted by Crippen LogP contribution is 2.45. The maximum absolute atomic E-state index is 6.73. The highest BCUT2D eigenvalue weighted by Gasteiger charge is 2.42. The summed E-state index contributed by atoms with van der Waals surface area (Å²) in [7, 11) is 0. The van der Waals surface area contributed by atoms with Crippen LogP contribution in [0.4, 0.5) is 0 Å². The summed E-state index contributed by atoms with van der Waals surface area (Å²) in [6, 6.07) is 19.0. The second-order valence-electron chi connectivity index (χ2n) is 8.08. The lowest BCUT2D eigenvalue weighted by Gasteiger charge is -2.40. The minimum absolute atomic E-state index is 0.868. The molecule has 5 rings (SSSR count). The molecule has 0 fully saturated rings. The summed E-state index contributed by atoms with van der Waals surface area (Å²) in [5.74, 6) is 0.915. The first kappa shape index (κ1) is 18.1. The fourth-order valence-electron chi connectivity index (χ4n) is 4.32. The summed E-state index contributed by atoms with van der Waals surface area (Å²) in [5.41, 5.74) is 4.67. The fraction of sp³-hybridized carbons (Fsp3) is 0.259. The average molecular weight is 383 g/mol. The molecule has 0 radical (unpaired) electrons. The van der Waals surface area contributed by atoms with Gasteiger partial charge in [0.05, 0.1) is 0 Å². The molecular formula is C27H26O2. The van der Waals surface area contributed by atoms with E-state index in [-0.39, 0.29) is 0 Å². The molecule has 0 aromatic heterocycles. The molecule has 2 aliphatic heterocycles. The summed E-state index contributed by atoms with van der Waals surface area (Å²) in [4.78, 5) is 0. The van der Waals surface area contributed by atoms with E-state index in [4.69, 9.17) is 9.47 Å². The molecule has 3 aromatic rings. The molecule has 0 amide bonds. The lowest BCUT2D eigenvalue weighted by molar-refractivity contribution is -0.0428. The van der Waals surface area contributed by atoms with E-state index in [9.17, 15) is 0 Å². The van der Waals surface area contributed by atoms with Gasteiger partial charge in [-0.1, -0.05) is 67.8 Å². The predicted octanol–water partition coefficient (Wildman–Crippen LogP) is 7.31. The van der Waals surface area contributed by atoms with Crippen LogP contribution in [0.2, 0.25) is 0 Å². The Bertz CT molecular complexity index is 1140. The number of fused-ring (bicyclic) bond motifs is 4. The first-order valence-corrected chi connectivity index (χ1v) is 10.6. The molecular weight excluding hydrogens is 356 g/mol. The molecule has 1 unspecified atom stereocenters. The second-order valence-corrected chi connectivity index (χ2v) is 8.08. The van der Waals surface area contributed by atoms with Crippen LogP contribution >= 0.6 is 0 Å². The zero-order chi connectivity index (χ0) is 19.8. The van der Waals surface area contributed by atoms with Crippen LogP contribution in [0.5, 0.6) is 11.5 Å².